The molecule has 0 aromatic rings. The zero-order chi connectivity index (χ0) is 17.6. The van der Waals surface area contributed by atoms with E-state index >= 15 is 0 Å². The van der Waals surface area contributed by atoms with Gasteiger partial charge in [-0.05, 0) is 18.6 Å². The van der Waals surface area contributed by atoms with E-state index in [-0.39, 0.29) is 0 Å². The van der Waals surface area contributed by atoms with Crippen molar-refractivity contribution in [2.75, 3.05) is 12.0 Å². The van der Waals surface area contributed by atoms with Crippen LogP contribution in [0.4, 0.5) is 0 Å². The number of Topliss-reactive ketones (excluding diaryl/α,β-unsaturated/α-hetero) is 1. The molecule has 1 atom stereocenters. The van der Waals surface area contributed by atoms with E-state index in [1.807, 2.05) is 34.0 Å². The minimum Gasteiger partial charge on any atom is -0.299 e. The highest BCUT2D eigenvalue weighted by molar-refractivity contribution is 7.99. The van der Waals surface area contributed by atoms with E-state index in [1.54, 1.807) is 11.8 Å². The number of hydrogen-bond acceptors (Lipinski definition) is 2. The largest absolute Gasteiger partial charge is 0.299 e. The van der Waals surface area contributed by atoms with Gasteiger partial charge in [-0.25, -0.2) is 0 Å². The lowest BCUT2D eigenvalue weighted by molar-refractivity contribution is -0.116. The van der Waals surface area contributed by atoms with Gasteiger partial charge >= 0.3 is 0 Å². The van der Waals surface area contributed by atoms with Gasteiger partial charge in [-0.15, -0.1) is 0 Å². The zero-order valence-electron chi connectivity index (χ0n) is 16.7. The van der Waals surface area contributed by atoms with Crippen molar-refractivity contribution in [1.82, 2.24) is 0 Å². The van der Waals surface area contributed by atoms with Gasteiger partial charge in [-0.3, -0.25) is 4.79 Å². The average molecular weight is 333 g/mol. The fourth-order valence-corrected chi connectivity index (χ4v) is 2.88. The number of unbranched alkanes of at least 4 members (excludes halogenated alkanes) is 4. The molecule has 22 heavy (non-hydrogen) atoms. The first-order valence-corrected chi connectivity index (χ1v) is 11.1. The quantitative estimate of drug-likeness (QED) is 0.324. The molecule has 1 nitrogen and oxygen atoms in total. The second-order valence-electron chi connectivity index (χ2n) is 5.34. The van der Waals surface area contributed by atoms with Crippen LogP contribution in [0.1, 0.15) is 106 Å². The Bertz CT molecular complexity index is 192. The van der Waals surface area contributed by atoms with Crippen LogP contribution in [0.2, 0.25) is 0 Å². The second-order valence-corrected chi connectivity index (χ2v) is 6.21. The lowest BCUT2D eigenvalue weighted by atomic mass is 9.92. The van der Waals surface area contributed by atoms with E-state index in [1.165, 1.54) is 51.4 Å². The highest BCUT2D eigenvalue weighted by Gasteiger charge is 2.07. The van der Waals surface area contributed by atoms with E-state index in [0.29, 0.717) is 11.5 Å². The lowest BCUT2D eigenvalue weighted by Crippen LogP contribution is -2.04. The van der Waals surface area contributed by atoms with Crippen molar-refractivity contribution in [3.8, 4) is 0 Å². The maximum atomic E-state index is 11.4. The molecule has 0 heterocycles. The summed E-state index contributed by atoms with van der Waals surface area (Å²) in [6, 6.07) is 0. The molecule has 0 saturated heterocycles. The minimum absolute atomic E-state index is 0.431. The Morgan fingerprint density at radius 2 is 1.41 bits per heavy atom. The summed E-state index contributed by atoms with van der Waals surface area (Å²) in [6.07, 6.45) is 14.7. The van der Waals surface area contributed by atoms with Crippen LogP contribution in [-0.2, 0) is 4.79 Å². The summed E-state index contributed by atoms with van der Waals surface area (Å²) in [5, 5.41) is 0. The van der Waals surface area contributed by atoms with Gasteiger partial charge < -0.3 is 0 Å². The summed E-state index contributed by atoms with van der Waals surface area (Å²) in [4.78, 5) is 11.4. The molecule has 0 bridgehead atoms. The summed E-state index contributed by atoms with van der Waals surface area (Å²) in [5.74, 6) is 1.99. The summed E-state index contributed by atoms with van der Waals surface area (Å²) in [5.41, 5.74) is 0. The van der Waals surface area contributed by atoms with Gasteiger partial charge in [0, 0.05) is 6.42 Å². The third-order valence-corrected chi connectivity index (χ3v) is 4.28. The molecule has 0 rings (SSSR count). The molecule has 0 radical (unpaired) electrons. The Balaban J connectivity index is -0.000000826. The monoisotopic (exact) mass is 332 g/mol. The van der Waals surface area contributed by atoms with Gasteiger partial charge in [0.2, 0.25) is 0 Å². The third kappa shape index (κ3) is 22.3. The first kappa shape index (κ1) is 26.9. The van der Waals surface area contributed by atoms with E-state index in [9.17, 15) is 4.79 Å². The smallest absolute Gasteiger partial charge is 0.142 e. The van der Waals surface area contributed by atoms with Crippen molar-refractivity contribution in [3.63, 3.8) is 0 Å². The van der Waals surface area contributed by atoms with Crippen LogP contribution in [0.5, 0.6) is 0 Å². The summed E-state index contributed by atoms with van der Waals surface area (Å²) < 4.78 is 0. The van der Waals surface area contributed by atoms with Crippen molar-refractivity contribution in [2.24, 2.45) is 5.92 Å². The van der Waals surface area contributed by atoms with Crippen molar-refractivity contribution in [3.05, 3.63) is 0 Å². The van der Waals surface area contributed by atoms with Crippen LogP contribution >= 0.6 is 11.8 Å². The standard InChI is InChI=1S/C16H32OS.2C2H6/c1-4-6-7-8-9-11-15(5-2)12-10-13-16(17)14-18-3;2*1-2/h15H,4-14H2,1-3H3;2*1-2H3/t15-;;/m1../s1. The first-order valence-electron chi connectivity index (χ1n) is 9.75. The summed E-state index contributed by atoms with van der Waals surface area (Å²) in [7, 11) is 0. The van der Waals surface area contributed by atoms with Gasteiger partial charge in [0.1, 0.15) is 5.78 Å². The molecule has 2 heteroatoms. The Kier molecular flexibility index (Phi) is 31.7. The fraction of sp³-hybridized carbons (Fsp3) is 0.950. The zero-order valence-corrected chi connectivity index (χ0v) is 17.5. The van der Waals surface area contributed by atoms with Crippen molar-refractivity contribution >= 4 is 17.5 Å². The molecular formula is C20H44OS. The predicted octanol–water partition coefficient (Wildman–Crippen LogP) is 7.53. The molecule has 0 saturated carbocycles. The van der Waals surface area contributed by atoms with Gasteiger partial charge in [0.15, 0.2) is 0 Å². The van der Waals surface area contributed by atoms with Gasteiger partial charge in [-0.1, -0.05) is 92.9 Å². The Morgan fingerprint density at radius 3 is 1.91 bits per heavy atom. The molecule has 0 aliphatic rings. The molecule has 0 fully saturated rings. The maximum Gasteiger partial charge on any atom is 0.142 e. The molecule has 136 valence electrons. The summed E-state index contributed by atoms with van der Waals surface area (Å²) in [6.45, 7) is 12.6. The second kappa shape index (κ2) is 25.9. The highest BCUT2D eigenvalue weighted by Crippen LogP contribution is 2.20. The van der Waals surface area contributed by atoms with Gasteiger partial charge in [-0.2, -0.15) is 11.8 Å². The number of rotatable bonds is 13. The molecule has 0 spiro atoms. The average Bonchev–Trinajstić information content (AvgIpc) is 2.57. The van der Waals surface area contributed by atoms with Crippen LogP contribution in [0, 0.1) is 5.92 Å². The Hall–Kier alpha value is 0.0200. The molecule has 0 N–H and O–H groups in total. The molecule has 0 unspecified atom stereocenters. The number of carbonyl (C=O) groups is 1. The molecule has 0 aliphatic heterocycles. The Labute approximate surface area is 146 Å². The van der Waals surface area contributed by atoms with E-state index < -0.39 is 0 Å². The molecule has 0 aromatic heterocycles. The SMILES string of the molecule is CC.CC.CCCCCCC[C@@H](CC)CCCC(=O)CSC. The summed E-state index contributed by atoms with van der Waals surface area (Å²) >= 11 is 1.65. The maximum absolute atomic E-state index is 11.4. The molecule has 0 amide bonds. The van der Waals surface area contributed by atoms with Crippen LogP contribution in [0.15, 0.2) is 0 Å². The van der Waals surface area contributed by atoms with Gasteiger partial charge in [0.05, 0.1) is 5.75 Å². The lowest BCUT2D eigenvalue weighted by Gasteiger charge is -2.14. The minimum atomic E-state index is 0.431. The Morgan fingerprint density at radius 1 is 0.864 bits per heavy atom. The molecular weight excluding hydrogens is 288 g/mol. The number of carbonyl (C=O) groups excluding carboxylic acids is 1. The number of thioether (sulfide) groups is 1. The van der Waals surface area contributed by atoms with E-state index in [2.05, 4.69) is 13.8 Å². The van der Waals surface area contributed by atoms with Crippen molar-refractivity contribution in [1.29, 1.82) is 0 Å². The topological polar surface area (TPSA) is 17.1 Å². The fourth-order valence-electron chi connectivity index (χ4n) is 2.41. The predicted molar refractivity (Wildman–Crippen MR) is 107 cm³/mol. The van der Waals surface area contributed by atoms with E-state index in [4.69, 9.17) is 0 Å². The van der Waals surface area contributed by atoms with Crippen LogP contribution in [0.3, 0.4) is 0 Å². The van der Waals surface area contributed by atoms with Crippen LogP contribution in [-0.4, -0.2) is 17.8 Å². The molecule has 0 aromatic carbocycles. The first-order chi connectivity index (χ1) is 10.7. The van der Waals surface area contributed by atoms with E-state index in [0.717, 1.165) is 18.8 Å². The van der Waals surface area contributed by atoms with Crippen molar-refractivity contribution < 1.29 is 4.79 Å². The van der Waals surface area contributed by atoms with Gasteiger partial charge in [0.25, 0.3) is 0 Å². The molecule has 0 aliphatic carbocycles. The van der Waals surface area contributed by atoms with Crippen molar-refractivity contribution in [2.45, 2.75) is 106 Å². The van der Waals surface area contributed by atoms with Crippen LogP contribution in [0.25, 0.3) is 0 Å². The number of hydrogen-bond donors (Lipinski definition) is 0. The van der Waals surface area contributed by atoms with Crippen LogP contribution < -0.4 is 0 Å². The third-order valence-electron chi connectivity index (χ3n) is 3.67. The normalized spacial score (nSPS) is 10.9. The highest BCUT2D eigenvalue weighted by atomic mass is 32.2. The number of ketones is 1.